The van der Waals surface area contributed by atoms with Crippen molar-refractivity contribution in [2.45, 2.75) is 6.92 Å². The SMILES string of the molecule is C=C(C)COC(=O)c1c(F)c(F)c(F)c(F)c1F. The van der Waals surface area contributed by atoms with Crippen molar-refractivity contribution in [3.63, 3.8) is 0 Å². The van der Waals surface area contributed by atoms with Crippen LogP contribution in [0.3, 0.4) is 0 Å². The molecule has 1 aromatic carbocycles. The maximum Gasteiger partial charge on any atom is 0.344 e. The van der Waals surface area contributed by atoms with Crippen molar-refractivity contribution >= 4 is 5.97 Å². The number of carbonyl (C=O) groups excluding carboxylic acids is 1. The summed E-state index contributed by atoms with van der Waals surface area (Å²) in [6.45, 7) is 4.40. The van der Waals surface area contributed by atoms with Gasteiger partial charge in [-0.3, -0.25) is 0 Å². The number of rotatable bonds is 3. The fourth-order valence-electron chi connectivity index (χ4n) is 1.05. The Morgan fingerprint density at radius 2 is 1.39 bits per heavy atom. The summed E-state index contributed by atoms with van der Waals surface area (Å²) < 4.78 is 68.8. The van der Waals surface area contributed by atoms with Gasteiger partial charge in [-0.2, -0.15) is 0 Å². The first-order chi connectivity index (χ1) is 8.27. The normalized spacial score (nSPS) is 10.3. The zero-order valence-electron chi connectivity index (χ0n) is 9.12. The Balaban J connectivity index is 3.24. The van der Waals surface area contributed by atoms with Gasteiger partial charge in [-0.15, -0.1) is 0 Å². The van der Waals surface area contributed by atoms with Crippen LogP contribution in [0, 0.1) is 29.1 Å². The number of esters is 1. The van der Waals surface area contributed by atoms with Crippen molar-refractivity contribution in [3.8, 4) is 0 Å². The largest absolute Gasteiger partial charge is 0.457 e. The molecule has 0 unspecified atom stereocenters. The van der Waals surface area contributed by atoms with E-state index in [-0.39, 0.29) is 0 Å². The summed E-state index contributed by atoms with van der Waals surface area (Å²) in [7, 11) is 0. The van der Waals surface area contributed by atoms with Gasteiger partial charge in [0.05, 0.1) is 0 Å². The highest BCUT2D eigenvalue weighted by Crippen LogP contribution is 2.23. The van der Waals surface area contributed by atoms with Crippen molar-refractivity contribution in [2.75, 3.05) is 6.61 Å². The summed E-state index contributed by atoms with van der Waals surface area (Å²) in [5.41, 5.74) is -1.28. The molecule has 2 nitrogen and oxygen atoms in total. The topological polar surface area (TPSA) is 26.3 Å². The molecule has 0 saturated carbocycles. The summed E-state index contributed by atoms with van der Waals surface area (Å²) in [6.07, 6.45) is 0. The Morgan fingerprint density at radius 3 is 1.78 bits per heavy atom. The van der Waals surface area contributed by atoms with E-state index in [0.717, 1.165) is 0 Å². The first-order valence-corrected chi connectivity index (χ1v) is 4.60. The quantitative estimate of drug-likeness (QED) is 0.276. The Bertz CT molecular complexity index is 496. The number of hydrogen-bond donors (Lipinski definition) is 0. The third-order valence-electron chi connectivity index (χ3n) is 1.86. The van der Waals surface area contributed by atoms with E-state index in [1.54, 1.807) is 0 Å². The first-order valence-electron chi connectivity index (χ1n) is 4.60. The van der Waals surface area contributed by atoms with E-state index in [1.165, 1.54) is 6.92 Å². The third kappa shape index (κ3) is 2.49. The van der Waals surface area contributed by atoms with Crippen LogP contribution in [0.1, 0.15) is 17.3 Å². The molecule has 0 aromatic heterocycles. The van der Waals surface area contributed by atoms with Gasteiger partial charge < -0.3 is 4.74 Å². The zero-order chi connectivity index (χ0) is 14.0. The maximum absolute atomic E-state index is 13.1. The van der Waals surface area contributed by atoms with Crippen LogP contribution in [0.5, 0.6) is 0 Å². The highest BCUT2D eigenvalue weighted by atomic mass is 19.2. The van der Waals surface area contributed by atoms with Gasteiger partial charge in [0.1, 0.15) is 12.2 Å². The summed E-state index contributed by atoms with van der Waals surface area (Å²) in [4.78, 5) is 11.2. The minimum atomic E-state index is -2.33. The molecular formula is C11H7F5O2. The second kappa shape index (κ2) is 5.16. The molecule has 98 valence electrons. The highest BCUT2D eigenvalue weighted by Gasteiger charge is 2.30. The summed E-state index contributed by atoms with van der Waals surface area (Å²) >= 11 is 0. The fourth-order valence-corrected chi connectivity index (χ4v) is 1.05. The van der Waals surface area contributed by atoms with Crippen LogP contribution in [0.15, 0.2) is 12.2 Å². The monoisotopic (exact) mass is 266 g/mol. The molecule has 0 saturated heterocycles. The minimum Gasteiger partial charge on any atom is -0.457 e. The van der Waals surface area contributed by atoms with Crippen LogP contribution in [-0.4, -0.2) is 12.6 Å². The van der Waals surface area contributed by atoms with E-state index in [9.17, 15) is 26.7 Å². The van der Waals surface area contributed by atoms with Crippen molar-refractivity contribution in [3.05, 3.63) is 46.8 Å². The Morgan fingerprint density at radius 1 is 1.00 bits per heavy atom. The van der Waals surface area contributed by atoms with Gasteiger partial charge in [-0.05, 0) is 12.5 Å². The number of benzene rings is 1. The van der Waals surface area contributed by atoms with Crippen LogP contribution in [0.2, 0.25) is 0 Å². The van der Waals surface area contributed by atoms with Gasteiger partial charge in [0.15, 0.2) is 23.3 Å². The lowest BCUT2D eigenvalue weighted by Gasteiger charge is -2.08. The van der Waals surface area contributed by atoms with E-state index in [2.05, 4.69) is 11.3 Å². The minimum absolute atomic E-state index is 0.340. The Labute approximate surface area is 98.7 Å². The number of carbonyl (C=O) groups is 1. The molecule has 0 heterocycles. The second-order valence-corrected chi connectivity index (χ2v) is 3.48. The van der Waals surface area contributed by atoms with Gasteiger partial charge in [0, 0.05) is 0 Å². The van der Waals surface area contributed by atoms with Gasteiger partial charge in [-0.25, -0.2) is 26.7 Å². The molecule has 0 aliphatic rings. The molecule has 0 bridgehead atoms. The molecule has 1 rings (SSSR count). The molecule has 0 atom stereocenters. The standard InChI is InChI=1S/C11H7F5O2/c1-4(2)3-18-11(17)5-6(12)8(14)10(16)9(15)7(5)13/h1,3H2,2H3. The van der Waals surface area contributed by atoms with E-state index in [1.807, 2.05) is 0 Å². The number of halogens is 5. The molecule has 1 aromatic rings. The van der Waals surface area contributed by atoms with Crippen LogP contribution >= 0.6 is 0 Å². The second-order valence-electron chi connectivity index (χ2n) is 3.48. The van der Waals surface area contributed by atoms with E-state index in [0.29, 0.717) is 5.57 Å². The molecule has 0 fully saturated rings. The average Bonchev–Trinajstić information content (AvgIpc) is 2.31. The average molecular weight is 266 g/mol. The molecule has 18 heavy (non-hydrogen) atoms. The molecule has 0 aliphatic heterocycles. The maximum atomic E-state index is 13.1. The molecule has 0 radical (unpaired) electrons. The number of ether oxygens (including phenoxy) is 1. The Kier molecular flexibility index (Phi) is 4.05. The van der Waals surface area contributed by atoms with Gasteiger partial charge in [0.25, 0.3) is 0 Å². The smallest absolute Gasteiger partial charge is 0.344 e. The van der Waals surface area contributed by atoms with Crippen LogP contribution in [0.25, 0.3) is 0 Å². The van der Waals surface area contributed by atoms with Gasteiger partial charge in [0.2, 0.25) is 5.82 Å². The lowest BCUT2D eigenvalue weighted by Crippen LogP contribution is -2.15. The highest BCUT2D eigenvalue weighted by molar-refractivity contribution is 5.90. The van der Waals surface area contributed by atoms with Crippen LogP contribution in [0.4, 0.5) is 22.0 Å². The molecule has 0 amide bonds. The fraction of sp³-hybridized carbons (Fsp3) is 0.182. The predicted octanol–water partition coefficient (Wildman–Crippen LogP) is 3.12. The van der Waals surface area contributed by atoms with E-state index >= 15 is 0 Å². The van der Waals surface area contributed by atoms with Crippen LogP contribution in [-0.2, 0) is 4.74 Å². The first kappa shape index (κ1) is 14.1. The zero-order valence-corrected chi connectivity index (χ0v) is 9.12. The predicted molar refractivity (Wildman–Crippen MR) is 51.3 cm³/mol. The molecule has 0 spiro atoms. The van der Waals surface area contributed by atoms with Crippen LogP contribution < -0.4 is 0 Å². The molecule has 0 N–H and O–H groups in total. The summed E-state index contributed by atoms with van der Waals surface area (Å²) in [5, 5.41) is 0. The van der Waals surface area contributed by atoms with Gasteiger partial charge in [-0.1, -0.05) is 6.58 Å². The van der Waals surface area contributed by atoms with Crippen molar-refractivity contribution < 1.29 is 31.5 Å². The van der Waals surface area contributed by atoms with Gasteiger partial charge >= 0.3 is 5.97 Å². The lowest BCUT2D eigenvalue weighted by atomic mass is 10.1. The van der Waals surface area contributed by atoms with Crippen molar-refractivity contribution in [2.24, 2.45) is 0 Å². The van der Waals surface area contributed by atoms with Crippen molar-refractivity contribution in [1.82, 2.24) is 0 Å². The van der Waals surface area contributed by atoms with E-state index in [4.69, 9.17) is 0 Å². The lowest BCUT2D eigenvalue weighted by molar-refractivity contribution is 0.0525. The molecule has 0 aliphatic carbocycles. The Hall–Kier alpha value is -1.92. The summed E-state index contributed by atoms with van der Waals surface area (Å²) in [5.74, 6) is -12.8. The summed E-state index contributed by atoms with van der Waals surface area (Å²) in [6, 6.07) is 0. The van der Waals surface area contributed by atoms with Crippen molar-refractivity contribution in [1.29, 1.82) is 0 Å². The number of hydrogen-bond acceptors (Lipinski definition) is 2. The molecule has 7 heteroatoms. The van der Waals surface area contributed by atoms with E-state index < -0.39 is 47.2 Å². The third-order valence-corrected chi connectivity index (χ3v) is 1.86. The molecular weight excluding hydrogens is 259 g/mol.